The van der Waals surface area contributed by atoms with Crippen LogP contribution < -0.4 is 15.6 Å². The Kier molecular flexibility index (Phi) is 4.07. The lowest BCUT2D eigenvalue weighted by Crippen LogP contribution is -2.23. The molecule has 0 unspecified atom stereocenters. The van der Waals surface area contributed by atoms with E-state index in [0.29, 0.717) is 15.3 Å². The molecule has 0 spiro atoms. The Morgan fingerprint density at radius 3 is 2.89 bits per heavy atom. The summed E-state index contributed by atoms with van der Waals surface area (Å²) in [4.78, 5) is 36.9. The van der Waals surface area contributed by atoms with E-state index in [4.69, 9.17) is 4.74 Å². The van der Waals surface area contributed by atoms with Crippen LogP contribution in [0.1, 0.15) is 0 Å². The molecule has 0 saturated carbocycles. The first-order valence-corrected chi connectivity index (χ1v) is 8.58. The maximum Gasteiger partial charge on any atom is 0.279 e. The normalized spacial score (nSPS) is 11.2. The Hall–Kier alpha value is -3.34. The SMILES string of the molecule is COc1cc2nc(NC(=O)Cn3cnc4ncn(C)c(=O)c43)sc2cc1F. The van der Waals surface area contributed by atoms with Crippen LogP contribution >= 0.6 is 11.3 Å². The van der Waals surface area contributed by atoms with Crippen molar-refractivity contribution >= 4 is 43.8 Å². The predicted octanol–water partition coefficient (Wildman–Crippen LogP) is 1.53. The van der Waals surface area contributed by atoms with E-state index in [9.17, 15) is 14.0 Å². The maximum absolute atomic E-state index is 13.8. The molecule has 0 bridgehead atoms. The van der Waals surface area contributed by atoms with Crippen LogP contribution in [0.5, 0.6) is 5.75 Å². The molecule has 0 aliphatic carbocycles. The number of halogens is 1. The molecule has 0 fully saturated rings. The molecule has 1 N–H and O–H groups in total. The zero-order valence-corrected chi connectivity index (χ0v) is 15.1. The topological polar surface area (TPSA) is 104 Å². The van der Waals surface area contributed by atoms with Crippen molar-refractivity contribution in [3.63, 3.8) is 0 Å². The molecule has 0 aliphatic rings. The van der Waals surface area contributed by atoms with E-state index in [2.05, 4.69) is 20.3 Å². The van der Waals surface area contributed by atoms with Gasteiger partial charge in [0.05, 0.1) is 30.0 Å². The summed E-state index contributed by atoms with van der Waals surface area (Å²) < 4.78 is 22.0. The number of ether oxygens (including phenoxy) is 1. The van der Waals surface area contributed by atoms with Crippen molar-refractivity contribution in [1.29, 1.82) is 0 Å². The monoisotopic (exact) mass is 388 g/mol. The molecule has 9 nitrogen and oxygen atoms in total. The number of benzene rings is 1. The Morgan fingerprint density at radius 2 is 2.11 bits per heavy atom. The number of hydrogen-bond acceptors (Lipinski definition) is 7. The third kappa shape index (κ3) is 3.01. The van der Waals surface area contributed by atoms with Crippen LogP contribution in [0.15, 0.2) is 29.6 Å². The van der Waals surface area contributed by atoms with Gasteiger partial charge in [0.15, 0.2) is 27.9 Å². The van der Waals surface area contributed by atoms with E-state index in [1.807, 2.05) is 0 Å². The van der Waals surface area contributed by atoms with E-state index >= 15 is 0 Å². The first-order valence-electron chi connectivity index (χ1n) is 7.76. The molecule has 11 heteroatoms. The number of aryl methyl sites for hydroxylation is 1. The summed E-state index contributed by atoms with van der Waals surface area (Å²) in [6, 6.07) is 2.77. The number of carbonyl (C=O) groups is 1. The van der Waals surface area contributed by atoms with Crippen molar-refractivity contribution in [3.05, 3.63) is 41.0 Å². The maximum atomic E-state index is 13.8. The first kappa shape index (κ1) is 17.1. The average molecular weight is 388 g/mol. The van der Waals surface area contributed by atoms with Crippen LogP contribution in [0.3, 0.4) is 0 Å². The highest BCUT2D eigenvalue weighted by atomic mass is 32.1. The number of imidazole rings is 1. The minimum Gasteiger partial charge on any atom is -0.494 e. The van der Waals surface area contributed by atoms with Gasteiger partial charge in [-0.25, -0.2) is 19.3 Å². The number of rotatable bonds is 4. The number of thiazole rings is 1. The Morgan fingerprint density at radius 1 is 1.33 bits per heavy atom. The standard InChI is InChI=1S/C16H13FN6O3S/c1-22-6-18-14-13(15(22)25)23(7-19-14)5-12(24)21-16-20-9-4-10(26-2)8(17)3-11(9)27-16/h3-4,6-7H,5H2,1-2H3,(H,20,21,24). The van der Waals surface area contributed by atoms with Crippen molar-refractivity contribution in [2.75, 3.05) is 12.4 Å². The van der Waals surface area contributed by atoms with Crippen molar-refractivity contribution in [3.8, 4) is 5.75 Å². The van der Waals surface area contributed by atoms with Gasteiger partial charge in [0.1, 0.15) is 6.54 Å². The number of nitrogens with zero attached hydrogens (tertiary/aromatic N) is 5. The molecule has 0 saturated heterocycles. The lowest BCUT2D eigenvalue weighted by Gasteiger charge is -2.04. The number of fused-ring (bicyclic) bond motifs is 2. The van der Waals surface area contributed by atoms with Gasteiger partial charge in [-0.15, -0.1) is 0 Å². The van der Waals surface area contributed by atoms with E-state index in [1.165, 1.54) is 41.0 Å². The van der Waals surface area contributed by atoms with Crippen molar-refractivity contribution < 1.29 is 13.9 Å². The fraction of sp³-hybridized carbons (Fsp3) is 0.188. The Labute approximate surface area is 155 Å². The number of carbonyl (C=O) groups excluding carboxylic acids is 1. The zero-order chi connectivity index (χ0) is 19.1. The minimum atomic E-state index is -0.500. The van der Waals surface area contributed by atoms with Gasteiger partial charge in [0.2, 0.25) is 5.91 Å². The summed E-state index contributed by atoms with van der Waals surface area (Å²) in [6.07, 6.45) is 2.76. The second-order valence-corrected chi connectivity index (χ2v) is 6.76. The van der Waals surface area contributed by atoms with E-state index in [-0.39, 0.29) is 29.0 Å². The molecule has 0 aliphatic heterocycles. The molecule has 0 atom stereocenters. The molecule has 1 aromatic carbocycles. The van der Waals surface area contributed by atoms with Crippen LogP contribution in [0.2, 0.25) is 0 Å². The van der Waals surface area contributed by atoms with Crippen LogP contribution in [0.4, 0.5) is 9.52 Å². The van der Waals surface area contributed by atoms with Gasteiger partial charge in [0.25, 0.3) is 5.56 Å². The van der Waals surface area contributed by atoms with Gasteiger partial charge in [0, 0.05) is 13.1 Å². The lowest BCUT2D eigenvalue weighted by atomic mass is 10.3. The fourth-order valence-corrected chi connectivity index (χ4v) is 3.51. The van der Waals surface area contributed by atoms with Gasteiger partial charge >= 0.3 is 0 Å². The summed E-state index contributed by atoms with van der Waals surface area (Å²) in [5.41, 5.74) is 0.729. The lowest BCUT2D eigenvalue weighted by molar-refractivity contribution is -0.116. The van der Waals surface area contributed by atoms with Crippen LogP contribution in [0.25, 0.3) is 21.4 Å². The van der Waals surface area contributed by atoms with E-state index in [0.717, 1.165) is 11.3 Å². The van der Waals surface area contributed by atoms with Gasteiger partial charge in [-0.2, -0.15) is 0 Å². The summed E-state index contributed by atoms with van der Waals surface area (Å²) in [6.45, 7) is -0.134. The minimum absolute atomic E-state index is 0.0823. The van der Waals surface area contributed by atoms with Gasteiger partial charge in [-0.1, -0.05) is 11.3 Å². The van der Waals surface area contributed by atoms with Crippen LogP contribution in [-0.4, -0.2) is 37.1 Å². The molecule has 3 heterocycles. The molecule has 3 aromatic heterocycles. The van der Waals surface area contributed by atoms with Crippen molar-refractivity contribution in [2.45, 2.75) is 6.54 Å². The molecule has 4 aromatic rings. The highest BCUT2D eigenvalue weighted by Crippen LogP contribution is 2.31. The van der Waals surface area contributed by atoms with E-state index < -0.39 is 11.7 Å². The number of nitrogens with one attached hydrogen (secondary N) is 1. The highest BCUT2D eigenvalue weighted by molar-refractivity contribution is 7.22. The summed E-state index contributed by atoms with van der Waals surface area (Å²) in [5, 5.41) is 2.97. The quantitative estimate of drug-likeness (QED) is 0.569. The molecular weight excluding hydrogens is 375 g/mol. The summed E-state index contributed by atoms with van der Waals surface area (Å²) >= 11 is 1.14. The molecule has 1 amide bonds. The number of aromatic nitrogens is 5. The van der Waals surface area contributed by atoms with Crippen molar-refractivity contribution in [2.24, 2.45) is 7.05 Å². The van der Waals surface area contributed by atoms with Crippen molar-refractivity contribution in [1.82, 2.24) is 24.1 Å². The number of hydrogen-bond donors (Lipinski definition) is 1. The summed E-state index contributed by atoms with van der Waals surface area (Å²) in [5.74, 6) is -0.814. The number of methoxy groups -OCH3 is 1. The summed E-state index contributed by atoms with van der Waals surface area (Å²) in [7, 11) is 2.94. The zero-order valence-electron chi connectivity index (χ0n) is 14.3. The van der Waals surface area contributed by atoms with Gasteiger partial charge in [-0.05, 0) is 6.07 Å². The molecule has 0 radical (unpaired) electrons. The Bertz CT molecular complexity index is 1240. The molecule has 138 valence electrons. The largest absolute Gasteiger partial charge is 0.494 e. The number of anilines is 1. The van der Waals surface area contributed by atoms with Gasteiger partial charge < -0.3 is 19.2 Å². The Balaban J connectivity index is 1.59. The fourth-order valence-electron chi connectivity index (χ4n) is 2.62. The third-order valence-corrected chi connectivity index (χ3v) is 4.85. The first-order chi connectivity index (χ1) is 13.0. The second kappa shape index (κ2) is 6.43. The van der Waals surface area contributed by atoms with E-state index in [1.54, 1.807) is 7.05 Å². The smallest absolute Gasteiger partial charge is 0.279 e. The van der Waals surface area contributed by atoms with Gasteiger partial charge in [-0.3, -0.25) is 9.59 Å². The molecule has 4 rings (SSSR count). The molecular formula is C16H13FN6O3S. The second-order valence-electron chi connectivity index (χ2n) is 5.73. The third-order valence-electron chi connectivity index (χ3n) is 3.92. The predicted molar refractivity (Wildman–Crippen MR) is 97.5 cm³/mol. The highest BCUT2D eigenvalue weighted by Gasteiger charge is 2.15. The number of amides is 1. The molecule has 27 heavy (non-hydrogen) atoms. The van der Waals surface area contributed by atoms with Crippen LogP contribution in [-0.2, 0) is 18.4 Å². The average Bonchev–Trinajstić information content (AvgIpc) is 3.20. The van der Waals surface area contributed by atoms with Crippen LogP contribution in [0, 0.1) is 5.82 Å².